The number of likely N-dealkylation sites (tertiary alicyclic amines) is 1. The Kier molecular flexibility index (Phi) is 7.24. The SMILES string of the molecule is CCC1CCCCN1CCNC(=O)CCCc1cccs1. The molecule has 1 aromatic heterocycles. The molecule has 0 radical (unpaired) electrons. The number of nitrogens with one attached hydrogen (secondary N) is 1. The van der Waals surface area contributed by atoms with Gasteiger partial charge in [0, 0.05) is 30.4 Å². The van der Waals surface area contributed by atoms with Crippen molar-refractivity contribution < 1.29 is 4.79 Å². The molecule has 1 fully saturated rings. The molecule has 1 amide bonds. The number of hydrogen-bond acceptors (Lipinski definition) is 3. The molecule has 1 atom stereocenters. The average Bonchev–Trinajstić information content (AvgIpc) is 3.01. The number of rotatable bonds is 8. The van der Waals surface area contributed by atoms with E-state index in [4.69, 9.17) is 0 Å². The predicted molar refractivity (Wildman–Crippen MR) is 89.8 cm³/mol. The fourth-order valence-electron chi connectivity index (χ4n) is 3.12. The van der Waals surface area contributed by atoms with Crippen molar-refractivity contribution in [2.45, 2.75) is 57.9 Å². The third-order valence-electron chi connectivity index (χ3n) is 4.35. The van der Waals surface area contributed by atoms with Crippen LogP contribution in [-0.2, 0) is 11.2 Å². The van der Waals surface area contributed by atoms with Crippen molar-refractivity contribution in [2.24, 2.45) is 0 Å². The molecule has 0 aliphatic carbocycles. The van der Waals surface area contributed by atoms with Gasteiger partial charge in [-0.2, -0.15) is 0 Å². The first-order valence-corrected chi connectivity index (χ1v) is 9.20. The maximum absolute atomic E-state index is 11.8. The van der Waals surface area contributed by atoms with Crippen molar-refractivity contribution in [3.63, 3.8) is 0 Å². The number of aryl methyl sites for hydroxylation is 1. The minimum absolute atomic E-state index is 0.205. The quantitative estimate of drug-likeness (QED) is 0.798. The van der Waals surface area contributed by atoms with Gasteiger partial charge in [-0.15, -0.1) is 11.3 Å². The van der Waals surface area contributed by atoms with Gasteiger partial charge in [0.1, 0.15) is 0 Å². The number of hydrogen-bond donors (Lipinski definition) is 1. The van der Waals surface area contributed by atoms with Crippen molar-refractivity contribution in [2.75, 3.05) is 19.6 Å². The number of thiophene rings is 1. The smallest absolute Gasteiger partial charge is 0.220 e. The Balaban J connectivity index is 1.56. The van der Waals surface area contributed by atoms with Gasteiger partial charge in [0.15, 0.2) is 0 Å². The van der Waals surface area contributed by atoms with E-state index in [1.165, 1.54) is 37.1 Å². The van der Waals surface area contributed by atoms with E-state index in [2.05, 4.69) is 34.7 Å². The summed E-state index contributed by atoms with van der Waals surface area (Å²) in [5.74, 6) is 0.205. The van der Waals surface area contributed by atoms with Crippen LogP contribution in [0.4, 0.5) is 0 Å². The number of carbonyl (C=O) groups is 1. The Morgan fingerprint density at radius 1 is 1.48 bits per heavy atom. The van der Waals surface area contributed by atoms with Gasteiger partial charge in [-0.25, -0.2) is 0 Å². The molecular weight excluding hydrogens is 280 g/mol. The molecule has 0 saturated carbocycles. The lowest BCUT2D eigenvalue weighted by atomic mass is 10.0. The monoisotopic (exact) mass is 308 g/mol. The van der Waals surface area contributed by atoms with Gasteiger partial charge in [-0.1, -0.05) is 19.4 Å². The van der Waals surface area contributed by atoms with Crippen molar-refractivity contribution >= 4 is 17.2 Å². The molecule has 21 heavy (non-hydrogen) atoms. The molecule has 1 aromatic rings. The van der Waals surface area contributed by atoms with Crippen molar-refractivity contribution in [1.29, 1.82) is 0 Å². The van der Waals surface area contributed by atoms with Gasteiger partial charge >= 0.3 is 0 Å². The van der Waals surface area contributed by atoms with Crippen LogP contribution in [0.15, 0.2) is 17.5 Å². The molecule has 1 saturated heterocycles. The molecule has 4 heteroatoms. The molecule has 2 rings (SSSR count). The topological polar surface area (TPSA) is 32.3 Å². The van der Waals surface area contributed by atoms with Crippen LogP contribution in [0.2, 0.25) is 0 Å². The lowest BCUT2D eigenvalue weighted by molar-refractivity contribution is -0.121. The Bertz CT molecular complexity index is 405. The number of amides is 1. The van der Waals surface area contributed by atoms with Crippen LogP contribution in [0.5, 0.6) is 0 Å². The van der Waals surface area contributed by atoms with Gasteiger partial charge in [0.05, 0.1) is 0 Å². The highest BCUT2D eigenvalue weighted by Gasteiger charge is 2.19. The summed E-state index contributed by atoms with van der Waals surface area (Å²) in [6.45, 7) is 5.28. The summed E-state index contributed by atoms with van der Waals surface area (Å²) in [6.07, 6.45) is 7.85. The molecule has 118 valence electrons. The Morgan fingerprint density at radius 2 is 2.38 bits per heavy atom. The van der Waals surface area contributed by atoms with Crippen LogP contribution in [0.1, 0.15) is 50.3 Å². The summed E-state index contributed by atoms with van der Waals surface area (Å²) in [5.41, 5.74) is 0. The fourth-order valence-corrected chi connectivity index (χ4v) is 3.87. The van der Waals surface area contributed by atoms with Crippen LogP contribution in [0.3, 0.4) is 0 Å². The van der Waals surface area contributed by atoms with E-state index >= 15 is 0 Å². The number of piperidine rings is 1. The highest BCUT2D eigenvalue weighted by atomic mass is 32.1. The van der Waals surface area contributed by atoms with Crippen molar-refractivity contribution in [3.05, 3.63) is 22.4 Å². The number of nitrogens with zero attached hydrogens (tertiary/aromatic N) is 1. The molecule has 1 unspecified atom stereocenters. The van der Waals surface area contributed by atoms with Crippen LogP contribution < -0.4 is 5.32 Å². The molecule has 1 aliphatic heterocycles. The lowest BCUT2D eigenvalue weighted by Gasteiger charge is -2.35. The average molecular weight is 308 g/mol. The standard InChI is InChI=1S/C17H28N2OS/c1-2-15-7-3-4-12-19(15)13-11-18-17(20)10-5-8-16-9-6-14-21-16/h6,9,14-15H,2-5,7-8,10-13H2,1H3,(H,18,20). The third kappa shape index (κ3) is 5.79. The zero-order valence-electron chi connectivity index (χ0n) is 13.1. The molecule has 0 bridgehead atoms. The van der Waals surface area contributed by atoms with Gasteiger partial charge < -0.3 is 5.32 Å². The molecule has 2 heterocycles. The van der Waals surface area contributed by atoms with Gasteiger partial charge in [-0.3, -0.25) is 9.69 Å². The highest BCUT2D eigenvalue weighted by molar-refractivity contribution is 7.09. The van der Waals surface area contributed by atoms with Crippen LogP contribution >= 0.6 is 11.3 Å². The molecular formula is C17H28N2OS. The van der Waals surface area contributed by atoms with Crippen LogP contribution in [0, 0.1) is 0 Å². The zero-order chi connectivity index (χ0) is 14.9. The van der Waals surface area contributed by atoms with Gasteiger partial charge in [-0.05, 0) is 50.1 Å². The Morgan fingerprint density at radius 3 is 3.14 bits per heavy atom. The maximum Gasteiger partial charge on any atom is 0.220 e. The summed E-state index contributed by atoms with van der Waals surface area (Å²) in [4.78, 5) is 15.8. The van der Waals surface area contributed by atoms with Crippen LogP contribution in [0.25, 0.3) is 0 Å². The van der Waals surface area contributed by atoms with E-state index in [-0.39, 0.29) is 5.91 Å². The second-order valence-corrected chi connectivity index (χ2v) is 6.91. The van der Waals surface area contributed by atoms with E-state index in [0.29, 0.717) is 6.42 Å². The summed E-state index contributed by atoms with van der Waals surface area (Å²) < 4.78 is 0. The summed E-state index contributed by atoms with van der Waals surface area (Å²) in [7, 11) is 0. The minimum Gasteiger partial charge on any atom is -0.355 e. The van der Waals surface area contributed by atoms with E-state index in [1.807, 2.05) is 0 Å². The van der Waals surface area contributed by atoms with Crippen molar-refractivity contribution in [3.8, 4) is 0 Å². The first-order chi connectivity index (χ1) is 10.3. The summed E-state index contributed by atoms with van der Waals surface area (Å²) >= 11 is 1.78. The van der Waals surface area contributed by atoms with E-state index in [1.54, 1.807) is 11.3 Å². The highest BCUT2D eigenvalue weighted by Crippen LogP contribution is 2.18. The molecule has 0 aromatic carbocycles. The first-order valence-electron chi connectivity index (χ1n) is 8.32. The lowest BCUT2D eigenvalue weighted by Crippen LogP contribution is -2.43. The Labute approximate surface area is 132 Å². The normalized spacial score (nSPS) is 19.6. The van der Waals surface area contributed by atoms with E-state index < -0.39 is 0 Å². The predicted octanol–water partition coefficient (Wildman–Crippen LogP) is 3.45. The minimum atomic E-state index is 0.205. The maximum atomic E-state index is 11.8. The molecule has 1 aliphatic rings. The summed E-state index contributed by atoms with van der Waals surface area (Å²) in [5, 5.41) is 5.17. The second-order valence-electron chi connectivity index (χ2n) is 5.88. The zero-order valence-corrected chi connectivity index (χ0v) is 14.0. The molecule has 3 nitrogen and oxygen atoms in total. The second kappa shape index (κ2) is 9.21. The fraction of sp³-hybridized carbons (Fsp3) is 0.706. The Hall–Kier alpha value is -0.870. The van der Waals surface area contributed by atoms with Crippen LogP contribution in [-0.4, -0.2) is 36.5 Å². The molecule has 1 N–H and O–H groups in total. The summed E-state index contributed by atoms with van der Waals surface area (Å²) in [6, 6.07) is 4.95. The van der Waals surface area contributed by atoms with Gasteiger partial charge in [0.2, 0.25) is 5.91 Å². The van der Waals surface area contributed by atoms with Crippen molar-refractivity contribution in [1.82, 2.24) is 10.2 Å². The van der Waals surface area contributed by atoms with E-state index in [0.717, 1.165) is 32.0 Å². The van der Waals surface area contributed by atoms with E-state index in [9.17, 15) is 4.79 Å². The largest absolute Gasteiger partial charge is 0.355 e. The third-order valence-corrected chi connectivity index (χ3v) is 5.28. The van der Waals surface area contributed by atoms with Gasteiger partial charge in [0.25, 0.3) is 0 Å². The first kappa shape index (κ1) is 16.5. The molecule has 0 spiro atoms. The number of carbonyl (C=O) groups excluding carboxylic acids is 1.